The summed E-state index contributed by atoms with van der Waals surface area (Å²) in [5, 5.41) is 16.1. The van der Waals surface area contributed by atoms with Crippen LogP contribution in [0.3, 0.4) is 0 Å². The molecule has 0 aliphatic heterocycles. The minimum atomic E-state index is 0.418. The second-order valence-electron chi connectivity index (χ2n) is 5.90. The van der Waals surface area contributed by atoms with Crippen LogP contribution in [-0.4, -0.2) is 32.8 Å². The third kappa shape index (κ3) is 3.29. The highest BCUT2D eigenvalue weighted by molar-refractivity contribution is 5.32. The normalized spacial score (nSPS) is 16.1. The summed E-state index contributed by atoms with van der Waals surface area (Å²) in [6, 6.07) is 9.21. The first kappa shape index (κ1) is 14.2. The van der Waals surface area contributed by atoms with Crippen molar-refractivity contribution in [2.45, 2.75) is 38.6 Å². The number of tetrazole rings is 1. The van der Waals surface area contributed by atoms with E-state index in [0.29, 0.717) is 12.0 Å². The zero-order valence-corrected chi connectivity index (χ0v) is 12.8. The molecule has 5 nitrogen and oxygen atoms in total. The van der Waals surface area contributed by atoms with Gasteiger partial charge in [0.2, 0.25) is 0 Å². The topological polar surface area (TPSA) is 55.6 Å². The summed E-state index contributed by atoms with van der Waals surface area (Å²) < 4.78 is 0. The molecule has 0 saturated carbocycles. The van der Waals surface area contributed by atoms with Crippen LogP contribution in [0, 0.1) is 5.92 Å². The van der Waals surface area contributed by atoms with Crippen molar-refractivity contribution in [3.05, 3.63) is 41.2 Å². The van der Waals surface area contributed by atoms with Gasteiger partial charge in [-0.3, -0.25) is 0 Å². The molecule has 1 heterocycles. The highest BCUT2D eigenvalue weighted by atomic mass is 15.6. The molecule has 0 bridgehead atoms. The number of benzene rings is 1. The molecule has 1 aromatic carbocycles. The minimum absolute atomic E-state index is 0.418. The van der Waals surface area contributed by atoms with Gasteiger partial charge in [0, 0.05) is 12.5 Å². The third-order valence-electron chi connectivity index (χ3n) is 4.26. The van der Waals surface area contributed by atoms with Crippen molar-refractivity contribution >= 4 is 0 Å². The number of aromatic nitrogens is 4. The van der Waals surface area contributed by atoms with Crippen molar-refractivity contribution in [1.29, 1.82) is 0 Å². The predicted molar refractivity (Wildman–Crippen MR) is 81.9 cm³/mol. The Morgan fingerprint density at radius 1 is 1.29 bits per heavy atom. The first-order valence-corrected chi connectivity index (χ1v) is 7.79. The van der Waals surface area contributed by atoms with Crippen molar-refractivity contribution in [1.82, 2.24) is 25.5 Å². The molecular formula is C16H23N5. The number of rotatable bonds is 6. The van der Waals surface area contributed by atoms with Crippen LogP contribution in [-0.2, 0) is 26.3 Å². The predicted octanol–water partition coefficient (Wildman–Crippen LogP) is 1.54. The van der Waals surface area contributed by atoms with Gasteiger partial charge in [-0.1, -0.05) is 31.2 Å². The van der Waals surface area contributed by atoms with Crippen LogP contribution >= 0.6 is 0 Å². The molecule has 0 fully saturated rings. The molecule has 1 aromatic heterocycles. The van der Waals surface area contributed by atoms with E-state index in [1.165, 1.54) is 15.9 Å². The molecule has 1 N–H and O–H groups in total. The molecule has 1 atom stereocenters. The van der Waals surface area contributed by atoms with Gasteiger partial charge in [0.15, 0.2) is 5.82 Å². The Labute approximate surface area is 125 Å². The lowest BCUT2D eigenvalue weighted by Gasteiger charge is -2.23. The minimum Gasteiger partial charge on any atom is -0.313 e. The second-order valence-corrected chi connectivity index (χ2v) is 5.90. The van der Waals surface area contributed by atoms with E-state index in [9.17, 15) is 0 Å². The lowest BCUT2D eigenvalue weighted by atomic mass is 9.93. The Morgan fingerprint density at radius 3 is 2.57 bits per heavy atom. The van der Waals surface area contributed by atoms with E-state index in [2.05, 4.69) is 51.9 Å². The molecule has 0 radical (unpaired) electrons. The van der Waals surface area contributed by atoms with Crippen LogP contribution in [0.2, 0.25) is 0 Å². The Morgan fingerprint density at radius 2 is 2.00 bits per heavy atom. The number of hydrogen-bond acceptors (Lipinski definition) is 4. The summed E-state index contributed by atoms with van der Waals surface area (Å²) in [5.41, 5.74) is 3.00. The molecular weight excluding hydrogens is 262 g/mol. The van der Waals surface area contributed by atoms with Crippen molar-refractivity contribution < 1.29 is 0 Å². The average Bonchev–Trinajstić information content (AvgIpc) is 3.09. The fourth-order valence-corrected chi connectivity index (χ4v) is 3.21. The van der Waals surface area contributed by atoms with Gasteiger partial charge in [0.05, 0.1) is 7.05 Å². The van der Waals surface area contributed by atoms with Crippen LogP contribution in [0.15, 0.2) is 24.3 Å². The van der Waals surface area contributed by atoms with Gasteiger partial charge in [0.25, 0.3) is 0 Å². The SMILES string of the molecule is CCCNC(Cc1nnn(C)n1)C1Cc2ccccc2C1. The number of fused-ring (bicyclic) bond motifs is 1. The first-order valence-electron chi connectivity index (χ1n) is 7.79. The Hall–Kier alpha value is -1.75. The van der Waals surface area contributed by atoms with Gasteiger partial charge in [-0.15, -0.1) is 10.2 Å². The van der Waals surface area contributed by atoms with Crippen molar-refractivity contribution in [2.24, 2.45) is 13.0 Å². The molecule has 3 rings (SSSR count). The van der Waals surface area contributed by atoms with Gasteiger partial charge < -0.3 is 5.32 Å². The molecule has 0 amide bonds. The number of aryl methyl sites for hydroxylation is 1. The van der Waals surface area contributed by atoms with Gasteiger partial charge in [-0.05, 0) is 48.1 Å². The van der Waals surface area contributed by atoms with Crippen LogP contribution in [0.25, 0.3) is 0 Å². The average molecular weight is 285 g/mol. The summed E-state index contributed by atoms with van der Waals surface area (Å²) >= 11 is 0. The lowest BCUT2D eigenvalue weighted by molar-refractivity contribution is 0.356. The molecule has 1 aliphatic carbocycles. The van der Waals surface area contributed by atoms with Gasteiger partial charge >= 0.3 is 0 Å². The van der Waals surface area contributed by atoms with Gasteiger partial charge in [0.1, 0.15) is 0 Å². The van der Waals surface area contributed by atoms with Crippen molar-refractivity contribution in [3.63, 3.8) is 0 Å². The standard InChI is InChI=1S/C16H23N5/c1-3-8-17-15(11-16-18-20-21(2)19-16)14-9-12-6-4-5-7-13(12)10-14/h4-7,14-15,17H,3,8-11H2,1-2H3. The maximum absolute atomic E-state index is 4.33. The summed E-state index contributed by atoms with van der Waals surface area (Å²) in [6.45, 7) is 3.24. The zero-order valence-electron chi connectivity index (χ0n) is 12.8. The first-order chi connectivity index (χ1) is 10.3. The maximum Gasteiger partial charge on any atom is 0.176 e. The molecule has 0 saturated heterocycles. The lowest BCUT2D eigenvalue weighted by Crippen LogP contribution is -2.39. The fraction of sp³-hybridized carbons (Fsp3) is 0.562. The van der Waals surface area contributed by atoms with E-state index < -0.39 is 0 Å². The highest BCUT2D eigenvalue weighted by Gasteiger charge is 2.29. The Bertz CT molecular complexity index is 567. The van der Waals surface area contributed by atoms with Crippen molar-refractivity contribution in [2.75, 3.05) is 6.54 Å². The monoisotopic (exact) mass is 285 g/mol. The highest BCUT2D eigenvalue weighted by Crippen LogP contribution is 2.29. The van der Waals surface area contributed by atoms with E-state index in [4.69, 9.17) is 0 Å². The van der Waals surface area contributed by atoms with Crippen LogP contribution in [0.4, 0.5) is 0 Å². The number of nitrogens with zero attached hydrogens (tertiary/aromatic N) is 4. The van der Waals surface area contributed by atoms with E-state index in [-0.39, 0.29) is 0 Å². The molecule has 0 spiro atoms. The number of hydrogen-bond donors (Lipinski definition) is 1. The van der Waals surface area contributed by atoms with E-state index >= 15 is 0 Å². The fourth-order valence-electron chi connectivity index (χ4n) is 3.21. The van der Waals surface area contributed by atoms with Crippen LogP contribution < -0.4 is 5.32 Å². The zero-order chi connectivity index (χ0) is 14.7. The van der Waals surface area contributed by atoms with Crippen LogP contribution in [0.5, 0.6) is 0 Å². The molecule has 5 heteroatoms. The molecule has 1 unspecified atom stereocenters. The van der Waals surface area contributed by atoms with Crippen molar-refractivity contribution in [3.8, 4) is 0 Å². The Balaban J connectivity index is 1.71. The largest absolute Gasteiger partial charge is 0.313 e. The summed E-state index contributed by atoms with van der Waals surface area (Å²) in [5.74, 6) is 1.46. The maximum atomic E-state index is 4.33. The Kier molecular flexibility index (Phi) is 4.29. The second kappa shape index (κ2) is 6.35. The van der Waals surface area contributed by atoms with E-state index in [1.54, 1.807) is 0 Å². The molecule has 1 aliphatic rings. The number of nitrogens with one attached hydrogen (secondary N) is 1. The molecule has 2 aromatic rings. The van der Waals surface area contributed by atoms with E-state index in [1.807, 2.05) is 7.05 Å². The quantitative estimate of drug-likeness (QED) is 0.874. The van der Waals surface area contributed by atoms with Gasteiger partial charge in [-0.2, -0.15) is 4.80 Å². The van der Waals surface area contributed by atoms with Crippen LogP contribution in [0.1, 0.15) is 30.3 Å². The third-order valence-corrected chi connectivity index (χ3v) is 4.26. The summed E-state index contributed by atoms with van der Waals surface area (Å²) in [6.07, 6.45) is 4.30. The molecule has 112 valence electrons. The molecule has 21 heavy (non-hydrogen) atoms. The van der Waals surface area contributed by atoms with E-state index in [0.717, 1.165) is 38.1 Å². The van der Waals surface area contributed by atoms with Gasteiger partial charge in [-0.25, -0.2) is 0 Å². The smallest absolute Gasteiger partial charge is 0.176 e. The summed E-state index contributed by atoms with van der Waals surface area (Å²) in [4.78, 5) is 1.54. The summed E-state index contributed by atoms with van der Waals surface area (Å²) in [7, 11) is 1.82.